The van der Waals surface area contributed by atoms with Gasteiger partial charge in [-0.05, 0) is 61.6 Å². The third-order valence-corrected chi connectivity index (χ3v) is 4.48. The van der Waals surface area contributed by atoms with Crippen molar-refractivity contribution in [1.82, 2.24) is 0 Å². The number of benzene rings is 1. The minimum atomic E-state index is 0.710. The summed E-state index contributed by atoms with van der Waals surface area (Å²) >= 11 is 3.45. The maximum atomic E-state index is 8.96. The highest BCUT2D eigenvalue weighted by Gasteiger charge is 2.40. The summed E-state index contributed by atoms with van der Waals surface area (Å²) in [5.74, 6) is 2.79. The molecule has 1 aromatic carbocycles. The number of nitriles is 1. The molecule has 2 aliphatic carbocycles. The van der Waals surface area contributed by atoms with Gasteiger partial charge >= 0.3 is 0 Å². The molecule has 0 atom stereocenters. The van der Waals surface area contributed by atoms with Crippen molar-refractivity contribution in [3.63, 3.8) is 0 Å². The first-order valence-corrected chi connectivity index (χ1v) is 7.50. The van der Waals surface area contributed by atoms with Crippen LogP contribution in [0.2, 0.25) is 0 Å². The second-order valence-electron chi connectivity index (χ2n) is 5.56. The minimum absolute atomic E-state index is 0.710. The number of nitrogens with zero attached hydrogens (tertiary/aromatic N) is 1. The average molecular weight is 305 g/mol. The molecule has 94 valence electrons. The highest BCUT2D eigenvalue weighted by molar-refractivity contribution is 9.10. The van der Waals surface area contributed by atoms with Gasteiger partial charge < -0.3 is 5.32 Å². The van der Waals surface area contributed by atoms with E-state index in [1.54, 1.807) is 0 Å². The summed E-state index contributed by atoms with van der Waals surface area (Å²) in [4.78, 5) is 0. The molecule has 0 aromatic heterocycles. The number of hydrogen-bond donors (Lipinski definition) is 1. The van der Waals surface area contributed by atoms with Crippen LogP contribution < -0.4 is 5.32 Å². The molecule has 0 amide bonds. The molecule has 2 fully saturated rings. The predicted molar refractivity (Wildman–Crippen MR) is 76.3 cm³/mol. The Morgan fingerprint density at radius 1 is 1.22 bits per heavy atom. The van der Waals surface area contributed by atoms with Gasteiger partial charge in [-0.15, -0.1) is 0 Å². The van der Waals surface area contributed by atoms with Crippen LogP contribution in [0.3, 0.4) is 0 Å². The van der Waals surface area contributed by atoms with Gasteiger partial charge in [0.05, 0.1) is 11.6 Å². The summed E-state index contributed by atoms with van der Waals surface area (Å²) in [6, 6.07) is 8.03. The Bertz CT molecular complexity index is 472. The molecule has 0 spiro atoms. The van der Waals surface area contributed by atoms with E-state index in [1.165, 1.54) is 25.7 Å². The van der Waals surface area contributed by atoms with Gasteiger partial charge in [0.25, 0.3) is 0 Å². The Labute approximate surface area is 117 Å². The first-order valence-electron chi connectivity index (χ1n) is 6.71. The summed E-state index contributed by atoms with van der Waals surface area (Å²) in [6.45, 7) is 1.07. The summed E-state index contributed by atoms with van der Waals surface area (Å²) in [5, 5.41) is 12.5. The van der Waals surface area contributed by atoms with Crippen LogP contribution in [0.15, 0.2) is 22.7 Å². The zero-order chi connectivity index (χ0) is 12.5. The van der Waals surface area contributed by atoms with E-state index in [2.05, 4.69) is 33.4 Å². The Morgan fingerprint density at radius 2 is 1.89 bits per heavy atom. The second kappa shape index (κ2) is 4.93. The SMILES string of the molecule is N#Cc1cc(Br)cc(NCC(C2CC2)C2CC2)c1. The Kier molecular flexibility index (Phi) is 3.30. The zero-order valence-electron chi connectivity index (χ0n) is 10.3. The lowest BCUT2D eigenvalue weighted by atomic mass is 9.98. The van der Waals surface area contributed by atoms with E-state index in [9.17, 15) is 0 Å². The van der Waals surface area contributed by atoms with E-state index in [4.69, 9.17) is 5.26 Å². The lowest BCUT2D eigenvalue weighted by Crippen LogP contribution is -2.18. The summed E-state index contributed by atoms with van der Waals surface area (Å²) < 4.78 is 0.971. The average Bonchev–Trinajstić information content (AvgIpc) is 3.22. The van der Waals surface area contributed by atoms with Gasteiger partial charge in [0.1, 0.15) is 0 Å². The molecule has 0 radical (unpaired) electrons. The van der Waals surface area contributed by atoms with Crippen molar-refractivity contribution in [3.8, 4) is 6.07 Å². The van der Waals surface area contributed by atoms with Crippen LogP contribution in [0.4, 0.5) is 5.69 Å². The fourth-order valence-electron chi connectivity index (χ4n) is 2.76. The van der Waals surface area contributed by atoms with Crippen molar-refractivity contribution in [2.75, 3.05) is 11.9 Å². The van der Waals surface area contributed by atoms with Gasteiger partial charge in [0.2, 0.25) is 0 Å². The van der Waals surface area contributed by atoms with Crippen LogP contribution in [0.5, 0.6) is 0 Å². The second-order valence-corrected chi connectivity index (χ2v) is 6.48. The third kappa shape index (κ3) is 2.87. The molecular formula is C15H17BrN2. The van der Waals surface area contributed by atoms with E-state index in [-0.39, 0.29) is 0 Å². The molecule has 0 unspecified atom stereocenters. The van der Waals surface area contributed by atoms with Crippen molar-refractivity contribution in [2.24, 2.45) is 17.8 Å². The third-order valence-electron chi connectivity index (χ3n) is 4.02. The van der Waals surface area contributed by atoms with E-state index in [0.717, 1.165) is 34.5 Å². The quantitative estimate of drug-likeness (QED) is 0.886. The molecule has 1 aromatic rings. The summed E-state index contributed by atoms with van der Waals surface area (Å²) in [7, 11) is 0. The first kappa shape index (κ1) is 12.0. The molecule has 2 saturated carbocycles. The lowest BCUT2D eigenvalue weighted by Gasteiger charge is -2.17. The van der Waals surface area contributed by atoms with Crippen LogP contribution in [-0.4, -0.2) is 6.54 Å². The van der Waals surface area contributed by atoms with Crippen LogP contribution in [0.1, 0.15) is 31.2 Å². The monoisotopic (exact) mass is 304 g/mol. The normalized spacial score (nSPS) is 18.7. The first-order chi connectivity index (χ1) is 8.76. The van der Waals surface area contributed by atoms with E-state index < -0.39 is 0 Å². The van der Waals surface area contributed by atoms with Crippen molar-refractivity contribution in [3.05, 3.63) is 28.2 Å². The molecule has 0 heterocycles. The molecule has 0 bridgehead atoms. The van der Waals surface area contributed by atoms with Crippen LogP contribution in [0, 0.1) is 29.1 Å². The highest BCUT2D eigenvalue weighted by atomic mass is 79.9. The fraction of sp³-hybridized carbons (Fsp3) is 0.533. The standard InChI is InChI=1S/C15H17BrN2/c16-13-5-10(8-17)6-14(7-13)18-9-15(11-1-2-11)12-3-4-12/h5-7,11-12,15,18H,1-4,9H2. The maximum absolute atomic E-state index is 8.96. The van der Waals surface area contributed by atoms with E-state index >= 15 is 0 Å². The van der Waals surface area contributed by atoms with E-state index in [1.807, 2.05) is 12.1 Å². The molecule has 0 saturated heterocycles. The van der Waals surface area contributed by atoms with Gasteiger partial charge in [0, 0.05) is 16.7 Å². The molecule has 0 aliphatic heterocycles. The van der Waals surface area contributed by atoms with Crippen molar-refractivity contribution in [1.29, 1.82) is 5.26 Å². The Morgan fingerprint density at radius 3 is 2.44 bits per heavy atom. The summed E-state index contributed by atoms with van der Waals surface area (Å²) in [5.41, 5.74) is 1.77. The van der Waals surface area contributed by atoms with Crippen molar-refractivity contribution >= 4 is 21.6 Å². The van der Waals surface area contributed by atoms with Gasteiger partial charge in [0.15, 0.2) is 0 Å². The molecule has 1 N–H and O–H groups in total. The van der Waals surface area contributed by atoms with Gasteiger partial charge in [-0.25, -0.2) is 0 Å². The van der Waals surface area contributed by atoms with Crippen LogP contribution in [-0.2, 0) is 0 Å². The summed E-state index contributed by atoms with van der Waals surface area (Å²) in [6.07, 6.45) is 5.69. The highest BCUT2D eigenvalue weighted by Crippen LogP contribution is 2.49. The molecule has 2 aliphatic rings. The molecule has 18 heavy (non-hydrogen) atoms. The number of halogens is 1. The smallest absolute Gasteiger partial charge is 0.0992 e. The molecular weight excluding hydrogens is 288 g/mol. The van der Waals surface area contributed by atoms with Crippen molar-refractivity contribution < 1.29 is 0 Å². The van der Waals surface area contributed by atoms with Gasteiger partial charge in [-0.3, -0.25) is 0 Å². The van der Waals surface area contributed by atoms with Crippen LogP contribution >= 0.6 is 15.9 Å². The Hall–Kier alpha value is -1.01. The largest absolute Gasteiger partial charge is 0.385 e. The van der Waals surface area contributed by atoms with Gasteiger partial charge in [-0.2, -0.15) is 5.26 Å². The number of rotatable bonds is 5. The topological polar surface area (TPSA) is 35.8 Å². The number of anilines is 1. The predicted octanol–water partition coefficient (Wildman–Crippen LogP) is 4.17. The number of hydrogen-bond acceptors (Lipinski definition) is 2. The van der Waals surface area contributed by atoms with E-state index in [0.29, 0.717) is 5.56 Å². The zero-order valence-corrected chi connectivity index (χ0v) is 11.9. The lowest BCUT2D eigenvalue weighted by molar-refractivity contribution is 0.428. The maximum Gasteiger partial charge on any atom is 0.0992 e. The Balaban J connectivity index is 1.65. The molecule has 3 heteroatoms. The minimum Gasteiger partial charge on any atom is -0.385 e. The van der Waals surface area contributed by atoms with Gasteiger partial charge in [-0.1, -0.05) is 15.9 Å². The fourth-order valence-corrected chi connectivity index (χ4v) is 3.25. The van der Waals surface area contributed by atoms with Crippen molar-refractivity contribution in [2.45, 2.75) is 25.7 Å². The number of nitrogens with one attached hydrogen (secondary N) is 1. The molecule has 3 rings (SSSR count). The molecule has 2 nitrogen and oxygen atoms in total. The van der Waals surface area contributed by atoms with Crippen LogP contribution in [0.25, 0.3) is 0 Å².